The van der Waals surface area contributed by atoms with E-state index in [0.29, 0.717) is 18.5 Å². The molecule has 1 aliphatic rings. The highest BCUT2D eigenvalue weighted by Gasteiger charge is 2.13. The minimum absolute atomic E-state index is 0.0412. The van der Waals surface area contributed by atoms with Crippen LogP contribution in [0.1, 0.15) is 25.7 Å². The highest BCUT2D eigenvalue weighted by atomic mass is 16.3. The van der Waals surface area contributed by atoms with Crippen molar-refractivity contribution >= 4 is 17.4 Å². The van der Waals surface area contributed by atoms with Crippen LogP contribution < -0.4 is 10.2 Å². The molecule has 1 aromatic rings. The average Bonchev–Trinajstić information content (AvgIpc) is 2.91. The second kappa shape index (κ2) is 6.35. The van der Waals surface area contributed by atoms with Gasteiger partial charge in [0.25, 0.3) is 0 Å². The Balaban J connectivity index is 1.88. The van der Waals surface area contributed by atoms with Crippen molar-refractivity contribution in [1.29, 1.82) is 0 Å². The van der Waals surface area contributed by atoms with Gasteiger partial charge in [0.1, 0.15) is 5.82 Å². The molecule has 0 aromatic carbocycles. The van der Waals surface area contributed by atoms with Gasteiger partial charge in [-0.2, -0.15) is 0 Å². The lowest BCUT2D eigenvalue weighted by Gasteiger charge is -2.16. The minimum atomic E-state index is -0.0835. The predicted octanol–water partition coefficient (Wildman–Crippen LogP) is 1.39. The normalized spacial score (nSPS) is 14.8. The Morgan fingerprint density at radius 3 is 2.78 bits per heavy atom. The van der Waals surface area contributed by atoms with Gasteiger partial charge < -0.3 is 15.3 Å². The van der Waals surface area contributed by atoms with Crippen LogP contribution in [0.15, 0.2) is 18.3 Å². The maximum atomic E-state index is 11.5. The number of nitrogens with one attached hydrogen (secondary N) is 1. The van der Waals surface area contributed by atoms with E-state index in [2.05, 4.69) is 15.2 Å². The van der Waals surface area contributed by atoms with E-state index in [-0.39, 0.29) is 12.5 Å². The number of rotatable bonds is 5. The summed E-state index contributed by atoms with van der Waals surface area (Å²) in [4.78, 5) is 18.1. The molecule has 98 valence electrons. The summed E-state index contributed by atoms with van der Waals surface area (Å²) in [5.74, 6) is 0.889. The molecule has 1 aliphatic heterocycles. The number of carbonyl (C=O) groups is 1. The van der Waals surface area contributed by atoms with Gasteiger partial charge in [-0.15, -0.1) is 0 Å². The molecule has 0 spiro atoms. The number of anilines is 2. The third kappa shape index (κ3) is 3.43. The third-order valence-corrected chi connectivity index (χ3v) is 3.02. The fourth-order valence-corrected chi connectivity index (χ4v) is 2.06. The maximum Gasteiger partial charge on any atom is 0.224 e. The van der Waals surface area contributed by atoms with Crippen LogP contribution in [-0.4, -0.2) is 35.7 Å². The molecule has 1 amide bonds. The van der Waals surface area contributed by atoms with Gasteiger partial charge in [0.15, 0.2) is 0 Å². The number of aliphatic hydroxyl groups excluding tert-OH is 1. The SMILES string of the molecule is O=C(CCCO)Nc1ccc(N2CCCC2)nc1. The van der Waals surface area contributed by atoms with Crippen LogP contribution in [0.25, 0.3) is 0 Å². The molecule has 5 nitrogen and oxygen atoms in total. The van der Waals surface area contributed by atoms with E-state index in [1.807, 2.05) is 12.1 Å². The number of pyridine rings is 1. The molecular formula is C13H19N3O2. The Morgan fingerprint density at radius 2 is 2.17 bits per heavy atom. The standard InChI is InChI=1S/C13H19N3O2/c17-9-3-4-13(18)15-11-5-6-12(14-10-11)16-7-1-2-8-16/h5-6,10,17H,1-4,7-9H2,(H,15,18). The molecule has 1 saturated heterocycles. The summed E-state index contributed by atoms with van der Waals surface area (Å²) in [5, 5.41) is 11.4. The number of carbonyl (C=O) groups excluding carboxylic acids is 1. The Morgan fingerprint density at radius 1 is 1.39 bits per heavy atom. The summed E-state index contributed by atoms with van der Waals surface area (Å²) in [7, 11) is 0. The first-order chi connectivity index (χ1) is 8.79. The van der Waals surface area contributed by atoms with E-state index in [1.54, 1.807) is 6.20 Å². The van der Waals surface area contributed by atoms with Crippen LogP contribution in [0.4, 0.5) is 11.5 Å². The van der Waals surface area contributed by atoms with Crippen LogP contribution >= 0.6 is 0 Å². The molecule has 5 heteroatoms. The van der Waals surface area contributed by atoms with Crippen LogP contribution in [0.2, 0.25) is 0 Å². The fraction of sp³-hybridized carbons (Fsp3) is 0.538. The summed E-state index contributed by atoms with van der Waals surface area (Å²) in [5.41, 5.74) is 0.709. The topological polar surface area (TPSA) is 65.5 Å². The van der Waals surface area contributed by atoms with E-state index in [1.165, 1.54) is 12.8 Å². The molecule has 0 unspecified atom stereocenters. The third-order valence-electron chi connectivity index (χ3n) is 3.02. The summed E-state index contributed by atoms with van der Waals surface area (Å²) in [6, 6.07) is 3.81. The zero-order valence-electron chi connectivity index (χ0n) is 10.4. The Kier molecular flexibility index (Phi) is 4.52. The van der Waals surface area contributed by atoms with Gasteiger partial charge in [0.2, 0.25) is 5.91 Å². The first-order valence-corrected chi connectivity index (χ1v) is 6.41. The highest BCUT2D eigenvalue weighted by Crippen LogP contribution is 2.19. The van der Waals surface area contributed by atoms with Gasteiger partial charge in [-0.05, 0) is 31.4 Å². The molecule has 0 radical (unpaired) electrons. The fourth-order valence-electron chi connectivity index (χ4n) is 2.06. The molecule has 2 rings (SSSR count). The summed E-state index contributed by atoms with van der Waals surface area (Å²) in [6.45, 7) is 2.17. The first-order valence-electron chi connectivity index (χ1n) is 6.41. The van der Waals surface area contributed by atoms with Gasteiger partial charge in [-0.25, -0.2) is 4.98 Å². The Hall–Kier alpha value is -1.62. The van der Waals surface area contributed by atoms with Crippen molar-refractivity contribution in [3.05, 3.63) is 18.3 Å². The maximum absolute atomic E-state index is 11.5. The van der Waals surface area contributed by atoms with Crippen LogP contribution in [-0.2, 0) is 4.79 Å². The van der Waals surface area contributed by atoms with E-state index in [4.69, 9.17) is 5.11 Å². The largest absolute Gasteiger partial charge is 0.396 e. The van der Waals surface area contributed by atoms with Gasteiger partial charge in [-0.1, -0.05) is 0 Å². The van der Waals surface area contributed by atoms with Gasteiger partial charge in [0.05, 0.1) is 11.9 Å². The Labute approximate surface area is 107 Å². The molecule has 0 bridgehead atoms. The molecule has 0 aliphatic carbocycles. The number of aliphatic hydroxyl groups is 1. The zero-order chi connectivity index (χ0) is 12.8. The second-order valence-electron chi connectivity index (χ2n) is 4.47. The van der Waals surface area contributed by atoms with Crippen molar-refractivity contribution in [2.45, 2.75) is 25.7 Å². The van der Waals surface area contributed by atoms with Crippen molar-refractivity contribution in [3.63, 3.8) is 0 Å². The van der Waals surface area contributed by atoms with E-state index >= 15 is 0 Å². The van der Waals surface area contributed by atoms with E-state index in [0.717, 1.165) is 18.9 Å². The van der Waals surface area contributed by atoms with Gasteiger partial charge >= 0.3 is 0 Å². The van der Waals surface area contributed by atoms with Crippen LogP contribution in [0.5, 0.6) is 0 Å². The van der Waals surface area contributed by atoms with Crippen molar-refractivity contribution in [1.82, 2.24) is 4.98 Å². The zero-order valence-corrected chi connectivity index (χ0v) is 10.4. The van der Waals surface area contributed by atoms with Crippen LogP contribution in [0, 0.1) is 0 Å². The summed E-state index contributed by atoms with van der Waals surface area (Å²) >= 11 is 0. The predicted molar refractivity (Wildman–Crippen MR) is 70.6 cm³/mol. The summed E-state index contributed by atoms with van der Waals surface area (Å²) in [6.07, 6.45) is 4.96. The summed E-state index contributed by atoms with van der Waals surface area (Å²) < 4.78 is 0. The monoisotopic (exact) mass is 249 g/mol. The molecule has 18 heavy (non-hydrogen) atoms. The number of hydrogen-bond acceptors (Lipinski definition) is 4. The van der Waals surface area contributed by atoms with E-state index < -0.39 is 0 Å². The number of aromatic nitrogens is 1. The molecule has 1 aromatic heterocycles. The van der Waals surface area contributed by atoms with Crippen molar-refractivity contribution in [2.75, 3.05) is 29.9 Å². The number of amides is 1. The molecule has 2 heterocycles. The second-order valence-corrected chi connectivity index (χ2v) is 4.47. The lowest BCUT2D eigenvalue weighted by Crippen LogP contribution is -2.19. The van der Waals surface area contributed by atoms with Crippen LogP contribution in [0.3, 0.4) is 0 Å². The molecular weight excluding hydrogens is 230 g/mol. The molecule has 1 fully saturated rings. The smallest absolute Gasteiger partial charge is 0.224 e. The van der Waals surface area contributed by atoms with Crippen molar-refractivity contribution in [2.24, 2.45) is 0 Å². The average molecular weight is 249 g/mol. The number of nitrogens with zero attached hydrogens (tertiary/aromatic N) is 2. The minimum Gasteiger partial charge on any atom is -0.396 e. The first kappa shape index (κ1) is 12.8. The van der Waals surface area contributed by atoms with Gasteiger partial charge in [0, 0.05) is 26.1 Å². The number of hydrogen-bond donors (Lipinski definition) is 2. The quantitative estimate of drug-likeness (QED) is 0.827. The highest BCUT2D eigenvalue weighted by molar-refractivity contribution is 5.90. The molecule has 0 saturated carbocycles. The molecule has 2 N–H and O–H groups in total. The lowest BCUT2D eigenvalue weighted by molar-refractivity contribution is -0.116. The van der Waals surface area contributed by atoms with Crippen molar-refractivity contribution in [3.8, 4) is 0 Å². The molecule has 0 atom stereocenters. The van der Waals surface area contributed by atoms with Gasteiger partial charge in [-0.3, -0.25) is 4.79 Å². The van der Waals surface area contributed by atoms with E-state index in [9.17, 15) is 4.79 Å². The Bertz CT molecular complexity index is 386. The lowest BCUT2D eigenvalue weighted by atomic mass is 10.3. The van der Waals surface area contributed by atoms with Crippen molar-refractivity contribution < 1.29 is 9.90 Å².